The smallest absolute Gasteiger partial charge is 0.376 e. The first-order chi connectivity index (χ1) is 11.9. The molecule has 0 heterocycles. The molecule has 2 aromatic rings. The second kappa shape index (κ2) is 6.78. The Labute approximate surface area is 144 Å². The number of anilines is 1. The summed E-state index contributed by atoms with van der Waals surface area (Å²) < 4.78 is 37.5. The molecule has 0 bridgehead atoms. The Bertz CT molecular complexity index is 723. The monoisotopic (exact) mass is 348 g/mol. The van der Waals surface area contributed by atoms with Gasteiger partial charge in [0.1, 0.15) is 0 Å². The quantitative estimate of drug-likeness (QED) is 0.829. The molecular formula is C19H19F3N2O. The Morgan fingerprint density at radius 1 is 1.00 bits per heavy atom. The van der Waals surface area contributed by atoms with Crippen molar-refractivity contribution in [1.82, 2.24) is 5.32 Å². The van der Waals surface area contributed by atoms with Crippen molar-refractivity contribution in [3.05, 3.63) is 65.7 Å². The molecule has 1 aliphatic carbocycles. The number of carbonyl (C=O) groups is 1. The number of halogens is 3. The van der Waals surface area contributed by atoms with E-state index < -0.39 is 11.7 Å². The molecule has 1 amide bonds. The number of benzene rings is 2. The highest BCUT2D eigenvalue weighted by Crippen LogP contribution is 2.47. The highest BCUT2D eigenvalue weighted by Gasteiger charge is 2.44. The van der Waals surface area contributed by atoms with E-state index in [1.807, 2.05) is 18.2 Å². The molecule has 0 atom stereocenters. The van der Waals surface area contributed by atoms with Gasteiger partial charge in [-0.2, -0.15) is 13.2 Å². The molecule has 0 spiro atoms. The second-order valence-electron chi connectivity index (χ2n) is 6.35. The maximum absolute atomic E-state index is 12.5. The first-order valence-electron chi connectivity index (χ1n) is 8.12. The molecule has 0 aliphatic heterocycles. The molecule has 1 aliphatic rings. The summed E-state index contributed by atoms with van der Waals surface area (Å²) in [6.45, 7) is 0.598. The summed E-state index contributed by atoms with van der Waals surface area (Å²) in [4.78, 5) is 12.0. The molecule has 0 unspecified atom stereocenters. The van der Waals surface area contributed by atoms with Gasteiger partial charge in [-0.1, -0.05) is 30.3 Å². The summed E-state index contributed by atoms with van der Waals surface area (Å²) in [6, 6.07) is 14.7. The van der Waals surface area contributed by atoms with Crippen molar-refractivity contribution in [2.45, 2.75) is 24.4 Å². The molecule has 2 N–H and O–H groups in total. The van der Waals surface area contributed by atoms with E-state index in [0.29, 0.717) is 12.2 Å². The van der Waals surface area contributed by atoms with Gasteiger partial charge in [0.2, 0.25) is 5.91 Å². The van der Waals surface area contributed by atoms with Gasteiger partial charge in [-0.15, -0.1) is 0 Å². The second-order valence-corrected chi connectivity index (χ2v) is 6.35. The first kappa shape index (κ1) is 17.3. The average molecular weight is 348 g/mol. The SMILES string of the molecule is O=C(CNc1ccc(C(F)(F)F)cc1)NCC1(c2ccccc2)CC1. The lowest BCUT2D eigenvalue weighted by Gasteiger charge is -2.17. The maximum atomic E-state index is 12.5. The first-order valence-corrected chi connectivity index (χ1v) is 8.12. The zero-order chi connectivity index (χ0) is 17.9. The van der Waals surface area contributed by atoms with Crippen LogP contribution in [0.1, 0.15) is 24.0 Å². The van der Waals surface area contributed by atoms with Crippen molar-refractivity contribution in [2.75, 3.05) is 18.4 Å². The fourth-order valence-electron chi connectivity index (χ4n) is 2.80. The van der Waals surface area contributed by atoms with Gasteiger partial charge in [0.25, 0.3) is 0 Å². The summed E-state index contributed by atoms with van der Waals surface area (Å²) in [6.07, 6.45) is -2.26. The van der Waals surface area contributed by atoms with Gasteiger partial charge in [-0.25, -0.2) is 0 Å². The molecule has 0 radical (unpaired) electrons. The number of carbonyl (C=O) groups excluding carboxylic acids is 1. The lowest BCUT2D eigenvalue weighted by atomic mass is 9.96. The molecule has 3 nitrogen and oxygen atoms in total. The number of alkyl halides is 3. The molecule has 0 aromatic heterocycles. The van der Waals surface area contributed by atoms with Gasteiger partial charge >= 0.3 is 6.18 Å². The van der Waals surface area contributed by atoms with Gasteiger partial charge < -0.3 is 10.6 Å². The third-order valence-corrected chi connectivity index (χ3v) is 4.53. The van der Waals surface area contributed by atoms with Crippen molar-refractivity contribution < 1.29 is 18.0 Å². The van der Waals surface area contributed by atoms with Crippen LogP contribution in [0.15, 0.2) is 54.6 Å². The highest BCUT2D eigenvalue weighted by atomic mass is 19.4. The minimum Gasteiger partial charge on any atom is -0.376 e. The molecule has 1 saturated carbocycles. The molecule has 132 valence electrons. The summed E-state index contributed by atoms with van der Waals surface area (Å²) in [5.74, 6) is -0.179. The highest BCUT2D eigenvalue weighted by molar-refractivity contribution is 5.80. The van der Waals surface area contributed by atoms with E-state index in [4.69, 9.17) is 0 Å². The van der Waals surface area contributed by atoms with Crippen LogP contribution < -0.4 is 10.6 Å². The van der Waals surface area contributed by atoms with Gasteiger partial charge in [0.15, 0.2) is 0 Å². The van der Waals surface area contributed by atoms with Crippen LogP contribution >= 0.6 is 0 Å². The molecule has 1 fully saturated rings. The van der Waals surface area contributed by atoms with Crippen LogP contribution in [0, 0.1) is 0 Å². The van der Waals surface area contributed by atoms with E-state index in [9.17, 15) is 18.0 Å². The topological polar surface area (TPSA) is 41.1 Å². The number of amides is 1. The van der Waals surface area contributed by atoms with E-state index >= 15 is 0 Å². The molecule has 6 heteroatoms. The molecule has 0 saturated heterocycles. The van der Waals surface area contributed by atoms with Crippen LogP contribution in [-0.4, -0.2) is 19.0 Å². The fourth-order valence-corrected chi connectivity index (χ4v) is 2.80. The Morgan fingerprint density at radius 2 is 1.64 bits per heavy atom. The average Bonchev–Trinajstić information content (AvgIpc) is 3.40. The predicted octanol–water partition coefficient (Wildman–Crippen LogP) is 3.97. The van der Waals surface area contributed by atoms with Crippen molar-refractivity contribution in [1.29, 1.82) is 0 Å². The van der Waals surface area contributed by atoms with Crippen molar-refractivity contribution in [3.63, 3.8) is 0 Å². The number of nitrogens with one attached hydrogen (secondary N) is 2. The van der Waals surface area contributed by atoms with E-state index in [0.717, 1.165) is 25.0 Å². The summed E-state index contributed by atoms with van der Waals surface area (Å²) >= 11 is 0. The van der Waals surface area contributed by atoms with Gasteiger partial charge in [0.05, 0.1) is 12.1 Å². The third-order valence-electron chi connectivity index (χ3n) is 4.53. The minimum atomic E-state index is -4.36. The predicted molar refractivity (Wildman–Crippen MR) is 90.3 cm³/mol. The van der Waals surface area contributed by atoms with Crippen LogP contribution in [0.5, 0.6) is 0 Å². The third kappa shape index (κ3) is 4.32. The van der Waals surface area contributed by atoms with Crippen LogP contribution in [-0.2, 0) is 16.4 Å². The summed E-state index contributed by atoms with van der Waals surface area (Å²) in [5, 5.41) is 5.75. The van der Waals surface area contributed by atoms with E-state index in [2.05, 4.69) is 22.8 Å². The van der Waals surface area contributed by atoms with E-state index in [-0.39, 0.29) is 17.9 Å². The van der Waals surface area contributed by atoms with Gasteiger partial charge in [0, 0.05) is 17.6 Å². The largest absolute Gasteiger partial charge is 0.416 e. The van der Waals surface area contributed by atoms with Crippen LogP contribution in [0.2, 0.25) is 0 Å². The number of hydrogen-bond donors (Lipinski definition) is 2. The Morgan fingerprint density at radius 3 is 2.20 bits per heavy atom. The molecule has 2 aromatic carbocycles. The van der Waals surface area contributed by atoms with Crippen LogP contribution in [0.25, 0.3) is 0 Å². The normalized spacial score (nSPS) is 15.5. The van der Waals surface area contributed by atoms with Crippen molar-refractivity contribution in [3.8, 4) is 0 Å². The lowest BCUT2D eigenvalue weighted by molar-refractivity contribution is -0.137. The van der Waals surface area contributed by atoms with Gasteiger partial charge in [-0.05, 0) is 42.7 Å². The summed E-state index contributed by atoms with van der Waals surface area (Å²) in [7, 11) is 0. The van der Waals surface area contributed by atoms with Crippen LogP contribution in [0.4, 0.5) is 18.9 Å². The number of rotatable bonds is 6. The van der Waals surface area contributed by atoms with Crippen molar-refractivity contribution in [2.24, 2.45) is 0 Å². The van der Waals surface area contributed by atoms with Crippen molar-refractivity contribution >= 4 is 11.6 Å². The Hall–Kier alpha value is -2.50. The van der Waals surface area contributed by atoms with Gasteiger partial charge in [-0.3, -0.25) is 4.79 Å². The fraction of sp³-hybridized carbons (Fsp3) is 0.316. The van der Waals surface area contributed by atoms with E-state index in [1.54, 1.807) is 0 Å². The lowest BCUT2D eigenvalue weighted by Crippen LogP contribution is -2.35. The maximum Gasteiger partial charge on any atom is 0.416 e. The zero-order valence-corrected chi connectivity index (χ0v) is 13.6. The zero-order valence-electron chi connectivity index (χ0n) is 13.6. The molecule has 25 heavy (non-hydrogen) atoms. The van der Waals surface area contributed by atoms with Crippen LogP contribution in [0.3, 0.4) is 0 Å². The molecular weight excluding hydrogens is 329 g/mol. The Balaban J connectivity index is 1.47. The Kier molecular flexibility index (Phi) is 4.70. The van der Waals surface area contributed by atoms with E-state index in [1.165, 1.54) is 17.7 Å². The minimum absolute atomic E-state index is 0.0240. The summed E-state index contributed by atoms with van der Waals surface area (Å²) in [5.41, 5.74) is 1.03. The standard InChI is InChI=1S/C19H19F3N2O/c20-19(21,22)15-6-8-16(9-7-15)23-12-17(25)24-13-18(10-11-18)14-4-2-1-3-5-14/h1-9,23H,10-13H2,(H,24,25). The molecule has 3 rings (SSSR count). The number of hydrogen-bond acceptors (Lipinski definition) is 2.